The Labute approximate surface area is 179 Å². The molecule has 5 nitrogen and oxygen atoms in total. The number of allylic oxidation sites excluding steroid dienone is 1. The first-order chi connectivity index (χ1) is 15.0. The molecule has 5 heteroatoms. The van der Waals surface area contributed by atoms with Gasteiger partial charge < -0.3 is 14.0 Å². The molecule has 0 atom stereocenters. The number of para-hydroxylation sites is 1. The Morgan fingerprint density at radius 3 is 2.55 bits per heavy atom. The van der Waals surface area contributed by atoms with E-state index in [1.165, 1.54) is 0 Å². The van der Waals surface area contributed by atoms with Crippen molar-refractivity contribution >= 4 is 28.7 Å². The number of nitrogens with zero attached hydrogens (tertiary/aromatic N) is 1. The lowest BCUT2D eigenvalue weighted by Gasteiger charge is -2.10. The van der Waals surface area contributed by atoms with E-state index in [4.69, 9.17) is 9.47 Å². The number of Topliss-reactive ketones (excluding diaryl/α,β-unsaturated/α-hetero) is 1. The predicted molar refractivity (Wildman–Crippen MR) is 118 cm³/mol. The maximum atomic E-state index is 12.9. The molecule has 31 heavy (non-hydrogen) atoms. The molecule has 4 aromatic rings. The molecular formula is C26H19NO4. The summed E-state index contributed by atoms with van der Waals surface area (Å²) in [5.74, 6) is 0.397. The fraction of sp³-hybridized carbons (Fsp3) is 0.0769. The molecule has 0 saturated carbocycles. The lowest BCUT2D eigenvalue weighted by Crippen LogP contribution is -2.09. The molecule has 0 N–H and O–H groups in total. The standard InChI is InChI=1S/C26H19NO4/c1-16-22(31-26(29)17-8-4-3-5-9-17)13-12-20-24(28)23(30-25(16)20)14-18-15-27(2)21-11-7-6-10-19(18)21/h3-15H,1-2H3/b23-14+. The molecule has 0 saturated heterocycles. The van der Waals surface area contributed by atoms with Gasteiger partial charge in [0.15, 0.2) is 5.76 Å². The Bertz CT molecular complexity index is 1380. The largest absolute Gasteiger partial charge is 0.452 e. The number of fused-ring (bicyclic) bond motifs is 2. The molecule has 0 amide bonds. The fourth-order valence-electron chi connectivity index (χ4n) is 3.84. The molecule has 0 radical (unpaired) electrons. The van der Waals surface area contributed by atoms with Crippen LogP contribution >= 0.6 is 0 Å². The molecule has 152 valence electrons. The first-order valence-electron chi connectivity index (χ1n) is 9.92. The Morgan fingerprint density at radius 2 is 1.74 bits per heavy atom. The van der Waals surface area contributed by atoms with Crippen LogP contribution in [0.5, 0.6) is 11.5 Å². The van der Waals surface area contributed by atoms with Crippen molar-refractivity contribution < 1.29 is 19.1 Å². The van der Waals surface area contributed by atoms with Gasteiger partial charge in [0.1, 0.15) is 11.5 Å². The molecule has 0 spiro atoms. The lowest BCUT2D eigenvalue weighted by atomic mass is 10.1. The molecule has 0 aliphatic carbocycles. The Hall–Kier alpha value is -4.12. The number of carbonyl (C=O) groups is 2. The third-order valence-electron chi connectivity index (χ3n) is 5.46. The van der Waals surface area contributed by atoms with Crippen LogP contribution in [0.2, 0.25) is 0 Å². The third-order valence-corrected chi connectivity index (χ3v) is 5.46. The Balaban J connectivity index is 1.48. The van der Waals surface area contributed by atoms with Crippen LogP contribution in [0.3, 0.4) is 0 Å². The van der Waals surface area contributed by atoms with E-state index in [9.17, 15) is 9.59 Å². The summed E-state index contributed by atoms with van der Waals surface area (Å²) < 4.78 is 13.5. The van der Waals surface area contributed by atoms with E-state index in [0.717, 1.165) is 16.5 Å². The number of ether oxygens (including phenoxy) is 2. The highest BCUT2D eigenvalue weighted by Crippen LogP contribution is 2.40. The van der Waals surface area contributed by atoms with E-state index in [1.54, 1.807) is 49.4 Å². The van der Waals surface area contributed by atoms with E-state index in [1.807, 2.05) is 48.1 Å². The summed E-state index contributed by atoms with van der Waals surface area (Å²) in [7, 11) is 1.97. The minimum absolute atomic E-state index is 0.188. The summed E-state index contributed by atoms with van der Waals surface area (Å²) in [6, 6.07) is 20.0. The molecule has 1 aromatic heterocycles. The third kappa shape index (κ3) is 3.20. The highest BCUT2D eigenvalue weighted by molar-refractivity contribution is 6.15. The molecule has 1 aliphatic rings. The van der Waals surface area contributed by atoms with Gasteiger partial charge in [-0.2, -0.15) is 0 Å². The average molecular weight is 409 g/mol. The number of esters is 1. The maximum absolute atomic E-state index is 12.9. The molecule has 0 bridgehead atoms. The average Bonchev–Trinajstić information content (AvgIpc) is 3.28. The molecule has 1 aliphatic heterocycles. The SMILES string of the molecule is Cc1c(OC(=O)c2ccccc2)ccc2c1O/C(=C/c1cn(C)c3ccccc13)C2=O. The van der Waals surface area contributed by atoms with Gasteiger partial charge in [0.25, 0.3) is 0 Å². The Morgan fingerprint density at radius 1 is 1.00 bits per heavy atom. The van der Waals surface area contributed by atoms with Gasteiger partial charge in [0, 0.05) is 35.3 Å². The van der Waals surface area contributed by atoms with E-state index in [-0.39, 0.29) is 11.5 Å². The monoisotopic (exact) mass is 409 g/mol. The number of aryl methyl sites for hydroxylation is 1. The minimum atomic E-state index is -0.459. The highest BCUT2D eigenvalue weighted by atomic mass is 16.5. The highest BCUT2D eigenvalue weighted by Gasteiger charge is 2.31. The zero-order valence-electron chi connectivity index (χ0n) is 17.1. The smallest absolute Gasteiger partial charge is 0.343 e. The molecule has 3 aromatic carbocycles. The molecule has 0 unspecified atom stereocenters. The van der Waals surface area contributed by atoms with Crippen LogP contribution in [0.25, 0.3) is 17.0 Å². The lowest BCUT2D eigenvalue weighted by molar-refractivity contribution is 0.0733. The summed E-state index contributed by atoms with van der Waals surface area (Å²) in [5, 5.41) is 1.04. The molecular weight excluding hydrogens is 390 g/mol. The van der Waals surface area contributed by atoms with Gasteiger partial charge in [-0.15, -0.1) is 0 Å². The second kappa shape index (κ2) is 7.29. The Kier molecular flexibility index (Phi) is 4.44. The van der Waals surface area contributed by atoms with Crippen LogP contribution in [-0.4, -0.2) is 16.3 Å². The van der Waals surface area contributed by atoms with Crippen LogP contribution in [0.4, 0.5) is 0 Å². The van der Waals surface area contributed by atoms with Gasteiger partial charge in [0.05, 0.1) is 11.1 Å². The van der Waals surface area contributed by atoms with Crippen molar-refractivity contribution in [2.45, 2.75) is 6.92 Å². The van der Waals surface area contributed by atoms with Crippen molar-refractivity contribution in [3.05, 3.63) is 101 Å². The topological polar surface area (TPSA) is 57.5 Å². The number of aromatic nitrogens is 1. The maximum Gasteiger partial charge on any atom is 0.343 e. The number of hydrogen-bond acceptors (Lipinski definition) is 4. The zero-order chi connectivity index (χ0) is 21.5. The summed E-state index contributed by atoms with van der Waals surface area (Å²) in [6.45, 7) is 1.78. The number of rotatable bonds is 3. The van der Waals surface area contributed by atoms with Crippen molar-refractivity contribution in [2.75, 3.05) is 0 Å². The first kappa shape index (κ1) is 18.9. The molecule has 0 fully saturated rings. The van der Waals surface area contributed by atoms with Gasteiger partial charge in [-0.25, -0.2) is 4.79 Å². The second-order valence-corrected chi connectivity index (χ2v) is 7.47. The van der Waals surface area contributed by atoms with Gasteiger partial charge in [-0.3, -0.25) is 4.79 Å². The summed E-state index contributed by atoms with van der Waals surface area (Å²) in [5.41, 5.74) is 3.50. The van der Waals surface area contributed by atoms with Crippen molar-refractivity contribution in [1.29, 1.82) is 0 Å². The molecule has 2 heterocycles. The van der Waals surface area contributed by atoms with E-state index in [2.05, 4.69) is 0 Å². The van der Waals surface area contributed by atoms with E-state index < -0.39 is 5.97 Å². The van der Waals surface area contributed by atoms with Crippen LogP contribution in [0.1, 0.15) is 31.8 Å². The van der Waals surface area contributed by atoms with Gasteiger partial charge >= 0.3 is 5.97 Å². The van der Waals surface area contributed by atoms with Crippen LogP contribution in [0.15, 0.2) is 78.7 Å². The normalized spacial score (nSPS) is 14.0. The summed E-state index contributed by atoms with van der Waals surface area (Å²) >= 11 is 0. The molecule has 5 rings (SSSR count). The summed E-state index contributed by atoms with van der Waals surface area (Å²) in [6.07, 6.45) is 3.73. The van der Waals surface area contributed by atoms with Crippen LogP contribution < -0.4 is 9.47 Å². The zero-order valence-corrected chi connectivity index (χ0v) is 17.1. The van der Waals surface area contributed by atoms with E-state index >= 15 is 0 Å². The minimum Gasteiger partial charge on any atom is -0.452 e. The van der Waals surface area contributed by atoms with Gasteiger partial charge in [0.2, 0.25) is 5.78 Å². The quantitative estimate of drug-likeness (QED) is 0.261. The van der Waals surface area contributed by atoms with Crippen molar-refractivity contribution in [1.82, 2.24) is 4.57 Å². The van der Waals surface area contributed by atoms with Crippen molar-refractivity contribution in [2.24, 2.45) is 7.05 Å². The summed E-state index contributed by atoms with van der Waals surface area (Å²) in [4.78, 5) is 25.4. The number of benzene rings is 3. The van der Waals surface area contributed by atoms with Gasteiger partial charge in [-0.1, -0.05) is 36.4 Å². The fourth-order valence-corrected chi connectivity index (χ4v) is 3.84. The number of carbonyl (C=O) groups excluding carboxylic acids is 2. The van der Waals surface area contributed by atoms with Crippen molar-refractivity contribution in [3.63, 3.8) is 0 Å². The predicted octanol–water partition coefficient (Wildman–Crippen LogP) is 5.32. The van der Waals surface area contributed by atoms with E-state index in [0.29, 0.717) is 28.2 Å². The van der Waals surface area contributed by atoms with Gasteiger partial charge in [-0.05, 0) is 43.3 Å². The number of hydrogen-bond donors (Lipinski definition) is 0. The number of ketones is 1. The second-order valence-electron chi connectivity index (χ2n) is 7.47. The first-order valence-corrected chi connectivity index (χ1v) is 9.92. The van der Waals surface area contributed by atoms with Crippen molar-refractivity contribution in [3.8, 4) is 11.5 Å². The van der Waals surface area contributed by atoms with Crippen LogP contribution in [0, 0.1) is 6.92 Å². The van der Waals surface area contributed by atoms with Crippen LogP contribution in [-0.2, 0) is 7.05 Å².